The van der Waals surface area contributed by atoms with Crippen LogP contribution in [0.4, 0.5) is 10.6 Å². The van der Waals surface area contributed by atoms with Crippen molar-refractivity contribution in [1.29, 1.82) is 0 Å². The van der Waals surface area contributed by atoms with Gasteiger partial charge in [-0.3, -0.25) is 0 Å². The first kappa shape index (κ1) is 18.0. The van der Waals surface area contributed by atoms with Crippen molar-refractivity contribution in [3.63, 3.8) is 0 Å². The monoisotopic (exact) mass is 336 g/mol. The molecule has 0 spiro atoms. The Bertz CT molecular complexity index is 592. The molecule has 1 aromatic rings. The lowest BCUT2D eigenvalue weighted by Crippen LogP contribution is -2.42. The number of carboxylic acid groups (broad SMARTS) is 1. The number of anilines is 1. The van der Waals surface area contributed by atoms with Gasteiger partial charge < -0.3 is 20.1 Å². The van der Waals surface area contributed by atoms with Crippen molar-refractivity contribution >= 4 is 17.9 Å². The summed E-state index contributed by atoms with van der Waals surface area (Å²) in [5, 5.41) is 12.1. The molecule has 1 aromatic heterocycles. The molecule has 0 atom stereocenters. The molecule has 0 radical (unpaired) electrons. The van der Waals surface area contributed by atoms with Crippen LogP contribution in [0.2, 0.25) is 0 Å². The van der Waals surface area contributed by atoms with Crippen LogP contribution in [-0.4, -0.2) is 57.3 Å². The molecule has 0 aromatic carbocycles. The summed E-state index contributed by atoms with van der Waals surface area (Å²) in [6.07, 6.45) is 2.69. The molecule has 0 bridgehead atoms. The van der Waals surface area contributed by atoms with E-state index in [1.54, 1.807) is 4.90 Å². The maximum absolute atomic E-state index is 12.0. The normalized spacial score (nSPS) is 15.9. The topological polar surface area (TPSA) is 105 Å². The zero-order valence-corrected chi connectivity index (χ0v) is 14.3. The van der Waals surface area contributed by atoms with Crippen molar-refractivity contribution in [2.75, 3.05) is 25.0 Å². The first-order chi connectivity index (χ1) is 11.2. The fraction of sp³-hybridized carbons (Fsp3) is 0.625. The van der Waals surface area contributed by atoms with E-state index < -0.39 is 11.6 Å². The second kappa shape index (κ2) is 7.46. The highest BCUT2D eigenvalue weighted by Crippen LogP contribution is 2.20. The quantitative estimate of drug-likeness (QED) is 0.868. The average molecular weight is 336 g/mol. The molecule has 0 unspecified atom stereocenters. The van der Waals surface area contributed by atoms with Gasteiger partial charge in [-0.2, -0.15) is 0 Å². The number of hydrogen-bond acceptors (Lipinski definition) is 6. The smallest absolute Gasteiger partial charge is 0.410 e. The molecular weight excluding hydrogens is 312 g/mol. The summed E-state index contributed by atoms with van der Waals surface area (Å²) >= 11 is 0. The maximum atomic E-state index is 12.0. The Morgan fingerprint density at radius 1 is 1.33 bits per heavy atom. The molecule has 24 heavy (non-hydrogen) atoms. The van der Waals surface area contributed by atoms with Crippen molar-refractivity contribution in [3.8, 4) is 0 Å². The largest absolute Gasteiger partial charge is 0.477 e. The molecule has 1 saturated heterocycles. The fourth-order valence-corrected chi connectivity index (χ4v) is 2.47. The van der Waals surface area contributed by atoms with E-state index >= 15 is 0 Å². The fourth-order valence-electron chi connectivity index (χ4n) is 2.47. The lowest BCUT2D eigenvalue weighted by molar-refractivity contribution is 0.0188. The van der Waals surface area contributed by atoms with E-state index in [4.69, 9.17) is 9.84 Å². The molecule has 1 amide bonds. The molecule has 8 nitrogen and oxygen atoms in total. The number of aromatic carboxylic acids is 1. The third kappa shape index (κ3) is 5.36. The van der Waals surface area contributed by atoms with E-state index in [-0.39, 0.29) is 11.8 Å². The zero-order chi connectivity index (χ0) is 17.7. The van der Waals surface area contributed by atoms with Gasteiger partial charge in [0.1, 0.15) is 17.7 Å². The van der Waals surface area contributed by atoms with Gasteiger partial charge in [0.05, 0.1) is 0 Å². The van der Waals surface area contributed by atoms with Crippen LogP contribution in [0.1, 0.15) is 44.1 Å². The number of nitrogens with one attached hydrogen (secondary N) is 1. The zero-order valence-electron chi connectivity index (χ0n) is 14.3. The number of piperidine rings is 1. The van der Waals surface area contributed by atoms with Crippen LogP contribution >= 0.6 is 0 Å². The predicted octanol–water partition coefficient (Wildman–Crippen LogP) is 2.23. The van der Waals surface area contributed by atoms with Gasteiger partial charge in [0.25, 0.3) is 0 Å². The minimum Gasteiger partial charge on any atom is -0.477 e. The molecule has 2 N–H and O–H groups in total. The van der Waals surface area contributed by atoms with Crippen LogP contribution in [0.25, 0.3) is 0 Å². The van der Waals surface area contributed by atoms with Crippen molar-refractivity contribution in [1.82, 2.24) is 14.9 Å². The summed E-state index contributed by atoms with van der Waals surface area (Å²) in [6.45, 7) is 7.56. The number of ether oxygens (including phenoxy) is 1. The Kier molecular flexibility index (Phi) is 5.58. The Labute approximate surface area is 141 Å². The highest BCUT2D eigenvalue weighted by Gasteiger charge is 2.26. The number of hydrogen-bond donors (Lipinski definition) is 2. The van der Waals surface area contributed by atoms with Crippen LogP contribution in [0.5, 0.6) is 0 Å². The Hall–Kier alpha value is -2.38. The van der Waals surface area contributed by atoms with Gasteiger partial charge in [0.15, 0.2) is 5.69 Å². The molecule has 1 aliphatic rings. The number of aromatic nitrogens is 2. The SMILES string of the molecule is CC(C)(C)OC(=O)N1CCC(CNc2cc(C(=O)O)ncn2)CC1. The third-order valence-corrected chi connectivity index (χ3v) is 3.72. The standard InChI is InChI=1S/C16H24N4O4/c1-16(2,3)24-15(23)20-6-4-11(5-7-20)9-17-13-8-12(14(21)22)18-10-19-13/h8,10-11H,4-7,9H2,1-3H3,(H,21,22)(H,17,18,19). The van der Waals surface area contributed by atoms with Gasteiger partial charge >= 0.3 is 12.1 Å². The number of rotatable bonds is 4. The van der Waals surface area contributed by atoms with Crippen LogP contribution in [0.3, 0.4) is 0 Å². The molecule has 0 aliphatic carbocycles. The third-order valence-electron chi connectivity index (χ3n) is 3.72. The molecular formula is C16H24N4O4. The number of carbonyl (C=O) groups is 2. The summed E-state index contributed by atoms with van der Waals surface area (Å²) in [4.78, 5) is 32.3. The van der Waals surface area contributed by atoms with Gasteiger partial charge in [-0.25, -0.2) is 19.6 Å². The maximum Gasteiger partial charge on any atom is 0.410 e. The second-order valence-electron chi connectivity index (χ2n) is 6.89. The first-order valence-corrected chi connectivity index (χ1v) is 8.02. The number of carbonyl (C=O) groups excluding carboxylic acids is 1. The second-order valence-corrected chi connectivity index (χ2v) is 6.89. The van der Waals surface area contributed by atoms with Gasteiger partial charge in [0.2, 0.25) is 0 Å². The van der Waals surface area contributed by atoms with Crippen molar-refractivity contribution in [2.45, 2.75) is 39.2 Å². The van der Waals surface area contributed by atoms with Gasteiger partial charge in [-0.15, -0.1) is 0 Å². The van der Waals surface area contributed by atoms with Crippen LogP contribution < -0.4 is 5.32 Å². The van der Waals surface area contributed by atoms with Crippen molar-refractivity contribution in [3.05, 3.63) is 18.1 Å². The van der Waals surface area contributed by atoms with Crippen molar-refractivity contribution < 1.29 is 19.4 Å². The summed E-state index contributed by atoms with van der Waals surface area (Å²) < 4.78 is 5.38. The van der Waals surface area contributed by atoms with E-state index in [1.165, 1.54) is 12.4 Å². The predicted molar refractivity (Wildman–Crippen MR) is 88.0 cm³/mol. The number of carboxylic acids is 1. The number of nitrogens with zero attached hydrogens (tertiary/aromatic N) is 3. The van der Waals surface area contributed by atoms with Gasteiger partial charge in [-0.1, -0.05) is 0 Å². The summed E-state index contributed by atoms with van der Waals surface area (Å²) in [6, 6.07) is 1.41. The molecule has 2 rings (SSSR count). The lowest BCUT2D eigenvalue weighted by Gasteiger charge is -2.33. The molecule has 1 fully saturated rings. The van der Waals surface area contributed by atoms with Crippen LogP contribution in [0, 0.1) is 5.92 Å². The Morgan fingerprint density at radius 2 is 2.00 bits per heavy atom. The lowest BCUT2D eigenvalue weighted by atomic mass is 9.97. The van der Waals surface area contributed by atoms with E-state index in [0.29, 0.717) is 31.4 Å². The molecule has 2 heterocycles. The minimum absolute atomic E-state index is 0.0350. The Morgan fingerprint density at radius 3 is 2.58 bits per heavy atom. The average Bonchev–Trinajstić information content (AvgIpc) is 2.52. The van der Waals surface area contributed by atoms with Gasteiger partial charge in [0, 0.05) is 25.7 Å². The van der Waals surface area contributed by atoms with E-state index in [2.05, 4.69) is 15.3 Å². The van der Waals surface area contributed by atoms with E-state index in [1.807, 2.05) is 20.8 Å². The Balaban J connectivity index is 1.78. The summed E-state index contributed by atoms with van der Waals surface area (Å²) in [5.41, 5.74) is -0.517. The first-order valence-electron chi connectivity index (χ1n) is 8.02. The van der Waals surface area contributed by atoms with E-state index in [9.17, 15) is 9.59 Å². The number of likely N-dealkylation sites (tertiary alicyclic amines) is 1. The molecule has 132 valence electrons. The highest BCUT2D eigenvalue weighted by molar-refractivity contribution is 5.85. The number of amides is 1. The molecule has 1 aliphatic heterocycles. The van der Waals surface area contributed by atoms with Crippen molar-refractivity contribution in [2.24, 2.45) is 5.92 Å². The summed E-state index contributed by atoms with van der Waals surface area (Å²) in [5.74, 6) is -0.185. The van der Waals surface area contributed by atoms with E-state index in [0.717, 1.165) is 12.8 Å². The minimum atomic E-state index is -1.08. The van der Waals surface area contributed by atoms with Gasteiger partial charge in [-0.05, 0) is 39.5 Å². The molecule has 0 saturated carbocycles. The summed E-state index contributed by atoms with van der Waals surface area (Å²) in [7, 11) is 0. The van der Waals surface area contributed by atoms with Crippen LogP contribution in [0.15, 0.2) is 12.4 Å². The highest BCUT2D eigenvalue weighted by atomic mass is 16.6. The van der Waals surface area contributed by atoms with Crippen LogP contribution in [-0.2, 0) is 4.74 Å². The molecule has 8 heteroatoms.